The smallest absolute Gasteiger partial charge is 0.141 e. The fraction of sp³-hybridized carbons (Fsp3) is 0.273. The molecular formula is C11H12BrFO. The standard InChI is InChI=1S/C11H12BrFO/c1-8(2)5-6-14-9-3-4-10(12)11(13)7-9/h3-5,7H,6H2,1-2H3. The van der Waals surface area contributed by atoms with Gasteiger partial charge in [-0.05, 0) is 48.0 Å². The number of rotatable bonds is 3. The summed E-state index contributed by atoms with van der Waals surface area (Å²) in [7, 11) is 0. The molecule has 1 nitrogen and oxygen atoms in total. The van der Waals surface area contributed by atoms with Crippen molar-refractivity contribution in [2.45, 2.75) is 13.8 Å². The summed E-state index contributed by atoms with van der Waals surface area (Å²) in [4.78, 5) is 0. The van der Waals surface area contributed by atoms with Crippen LogP contribution in [0, 0.1) is 5.82 Å². The highest BCUT2D eigenvalue weighted by molar-refractivity contribution is 9.10. The molecule has 0 saturated carbocycles. The van der Waals surface area contributed by atoms with Gasteiger partial charge >= 0.3 is 0 Å². The van der Waals surface area contributed by atoms with Crippen LogP contribution in [0.1, 0.15) is 13.8 Å². The molecule has 0 spiro atoms. The monoisotopic (exact) mass is 258 g/mol. The Labute approximate surface area is 91.7 Å². The predicted molar refractivity (Wildman–Crippen MR) is 59.0 cm³/mol. The average Bonchev–Trinajstić information content (AvgIpc) is 2.10. The van der Waals surface area contributed by atoms with E-state index in [0.717, 1.165) is 0 Å². The molecule has 1 aromatic carbocycles. The molecule has 0 aromatic heterocycles. The third-order valence-corrected chi connectivity index (χ3v) is 2.28. The summed E-state index contributed by atoms with van der Waals surface area (Å²) in [6.07, 6.45) is 1.94. The first-order valence-electron chi connectivity index (χ1n) is 4.31. The van der Waals surface area contributed by atoms with Crippen molar-refractivity contribution in [3.8, 4) is 5.75 Å². The van der Waals surface area contributed by atoms with Crippen LogP contribution in [-0.4, -0.2) is 6.61 Å². The minimum Gasteiger partial charge on any atom is -0.489 e. The van der Waals surface area contributed by atoms with Gasteiger partial charge in [0.15, 0.2) is 0 Å². The molecule has 0 bridgehead atoms. The Morgan fingerprint density at radius 3 is 2.79 bits per heavy atom. The van der Waals surface area contributed by atoms with Crippen LogP contribution >= 0.6 is 15.9 Å². The van der Waals surface area contributed by atoms with Crippen molar-refractivity contribution >= 4 is 15.9 Å². The van der Waals surface area contributed by atoms with Crippen LogP contribution in [0.15, 0.2) is 34.3 Å². The zero-order chi connectivity index (χ0) is 10.6. The maximum atomic E-state index is 13.0. The molecule has 0 fully saturated rings. The molecule has 1 rings (SSSR count). The van der Waals surface area contributed by atoms with E-state index in [4.69, 9.17) is 4.74 Å². The van der Waals surface area contributed by atoms with E-state index < -0.39 is 0 Å². The van der Waals surface area contributed by atoms with E-state index in [0.29, 0.717) is 16.8 Å². The minimum atomic E-state index is -0.306. The maximum absolute atomic E-state index is 13.0. The van der Waals surface area contributed by atoms with Crippen molar-refractivity contribution in [1.82, 2.24) is 0 Å². The van der Waals surface area contributed by atoms with Crippen LogP contribution in [0.25, 0.3) is 0 Å². The van der Waals surface area contributed by atoms with Gasteiger partial charge in [0, 0.05) is 6.07 Å². The van der Waals surface area contributed by atoms with Crippen molar-refractivity contribution in [3.63, 3.8) is 0 Å². The van der Waals surface area contributed by atoms with Gasteiger partial charge in [-0.25, -0.2) is 4.39 Å². The van der Waals surface area contributed by atoms with Crippen molar-refractivity contribution in [2.75, 3.05) is 6.61 Å². The molecule has 0 aliphatic carbocycles. The summed E-state index contributed by atoms with van der Waals surface area (Å²) in [5.41, 5.74) is 1.18. The van der Waals surface area contributed by atoms with Crippen molar-refractivity contribution < 1.29 is 9.13 Å². The van der Waals surface area contributed by atoms with E-state index in [9.17, 15) is 4.39 Å². The van der Waals surface area contributed by atoms with E-state index in [2.05, 4.69) is 15.9 Å². The third kappa shape index (κ3) is 3.50. The second-order valence-electron chi connectivity index (χ2n) is 3.17. The lowest BCUT2D eigenvalue weighted by Crippen LogP contribution is -1.94. The van der Waals surface area contributed by atoms with Crippen LogP contribution in [0.3, 0.4) is 0 Å². The lowest BCUT2D eigenvalue weighted by Gasteiger charge is -2.04. The van der Waals surface area contributed by atoms with E-state index in [1.807, 2.05) is 19.9 Å². The quantitative estimate of drug-likeness (QED) is 0.747. The SMILES string of the molecule is CC(C)=CCOc1ccc(Br)c(F)c1. The Morgan fingerprint density at radius 2 is 2.21 bits per heavy atom. The molecule has 0 aliphatic heterocycles. The first-order valence-corrected chi connectivity index (χ1v) is 5.10. The lowest BCUT2D eigenvalue weighted by atomic mass is 10.3. The summed E-state index contributed by atoms with van der Waals surface area (Å²) in [6, 6.07) is 4.72. The van der Waals surface area contributed by atoms with E-state index in [1.165, 1.54) is 11.6 Å². The molecule has 0 aliphatic rings. The molecule has 0 unspecified atom stereocenters. The second-order valence-corrected chi connectivity index (χ2v) is 4.02. The molecule has 0 saturated heterocycles. The first-order chi connectivity index (χ1) is 6.59. The van der Waals surface area contributed by atoms with Crippen LogP contribution in [0.2, 0.25) is 0 Å². The number of ether oxygens (including phenoxy) is 1. The summed E-state index contributed by atoms with van der Waals surface area (Å²) >= 11 is 3.08. The third-order valence-electron chi connectivity index (χ3n) is 1.63. The summed E-state index contributed by atoms with van der Waals surface area (Å²) in [6.45, 7) is 4.46. The average molecular weight is 259 g/mol. The highest BCUT2D eigenvalue weighted by Gasteiger charge is 2.00. The number of benzene rings is 1. The van der Waals surface area contributed by atoms with Gasteiger partial charge in [0.25, 0.3) is 0 Å². The fourth-order valence-corrected chi connectivity index (χ4v) is 1.12. The molecule has 0 N–H and O–H groups in total. The number of halogens is 2. The molecule has 0 heterocycles. The minimum absolute atomic E-state index is 0.306. The molecule has 0 radical (unpaired) electrons. The van der Waals surface area contributed by atoms with Crippen molar-refractivity contribution in [2.24, 2.45) is 0 Å². The maximum Gasteiger partial charge on any atom is 0.141 e. The molecule has 76 valence electrons. The van der Waals surface area contributed by atoms with Gasteiger partial charge in [0.1, 0.15) is 18.2 Å². The van der Waals surface area contributed by atoms with Crippen LogP contribution in [-0.2, 0) is 0 Å². The Morgan fingerprint density at radius 1 is 1.50 bits per heavy atom. The van der Waals surface area contributed by atoms with Gasteiger partial charge in [-0.15, -0.1) is 0 Å². The predicted octanol–water partition coefficient (Wildman–Crippen LogP) is 3.93. The van der Waals surface area contributed by atoms with Gasteiger partial charge in [-0.3, -0.25) is 0 Å². The topological polar surface area (TPSA) is 9.23 Å². The highest BCUT2D eigenvalue weighted by atomic mass is 79.9. The van der Waals surface area contributed by atoms with Crippen LogP contribution < -0.4 is 4.74 Å². The van der Waals surface area contributed by atoms with E-state index >= 15 is 0 Å². The molecular weight excluding hydrogens is 247 g/mol. The summed E-state index contributed by atoms with van der Waals surface area (Å²) < 4.78 is 18.8. The molecule has 0 amide bonds. The molecule has 3 heteroatoms. The second kappa shape index (κ2) is 5.15. The highest BCUT2D eigenvalue weighted by Crippen LogP contribution is 2.20. The van der Waals surface area contributed by atoms with Gasteiger partial charge in [-0.1, -0.05) is 5.57 Å². The Hall–Kier alpha value is -0.830. The molecule has 0 atom stereocenters. The van der Waals surface area contributed by atoms with E-state index in [1.54, 1.807) is 12.1 Å². The number of allylic oxidation sites excluding steroid dienone is 1. The largest absolute Gasteiger partial charge is 0.489 e. The Kier molecular flexibility index (Phi) is 4.14. The van der Waals surface area contributed by atoms with Crippen LogP contribution in [0.5, 0.6) is 5.75 Å². The Bertz CT molecular complexity index is 343. The zero-order valence-electron chi connectivity index (χ0n) is 8.18. The fourth-order valence-electron chi connectivity index (χ4n) is 0.871. The van der Waals surface area contributed by atoms with Gasteiger partial charge < -0.3 is 4.74 Å². The van der Waals surface area contributed by atoms with Crippen molar-refractivity contribution in [3.05, 3.63) is 40.1 Å². The van der Waals surface area contributed by atoms with Crippen molar-refractivity contribution in [1.29, 1.82) is 0 Å². The number of hydrogen-bond acceptors (Lipinski definition) is 1. The zero-order valence-corrected chi connectivity index (χ0v) is 9.77. The van der Waals surface area contributed by atoms with Crippen LogP contribution in [0.4, 0.5) is 4.39 Å². The normalized spacial score (nSPS) is 9.71. The van der Waals surface area contributed by atoms with Gasteiger partial charge in [-0.2, -0.15) is 0 Å². The first kappa shape index (κ1) is 11.2. The number of hydrogen-bond donors (Lipinski definition) is 0. The lowest BCUT2D eigenvalue weighted by molar-refractivity contribution is 0.359. The van der Waals surface area contributed by atoms with E-state index in [-0.39, 0.29) is 5.82 Å². The summed E-state index contributed by atoms with van der Waals surface area (Å²) in [5, 5.41) is 0. The van der Waals surface area contributed by atoms with Gasteiger partial charge in [0.05, 0.1) is 4.47 Å². The summed E-state index contributed by atoms with van der Waals surface area (Å²) in [5.74, 6) is 0.239. The van der Waals surface area contributed by atoms with Gasteiger partial charge in [0.2, 0.25) is 0 Å². The molecule has 14 heavy (non-hydrogen) atoms. The molecule has 1 aromatic rings. The Balaban J connectivity index is 2.60.